The number of para-hydroxylation sites is 2. The molecule has 0 aliphatic rings. The van der Waals surface area contributed by atoms with Crippen molar-refractivity contribution in [3.05, 3.63) is 90.5 Å². The van der Waals surface area contributed by atoms with Gasteiger partial charge in [0.2, 0.25) is 0 Å². The van der Waals surface area contributed by atoms with Crippen molar-refractivity contribution in [3.63, 3.8) is 0 Å². The maximum absolute atomic E-state index is 2.40. The fourth-order valence-corrected chi connectivity index (χ4v) is 5.85. The molecule has 146 valence electrons. The molecule has 2 heterocycles. The second-order valence-electron chi connectivity index (χ2n) is 9.09. The number of thiophene rings is 1. The first-order valence-electron chi connectivity index (χ1n) is 10.5. The van der Waals surface area contributed by atoms with Crippen molar-refractivity contribution in [2.75, 3.05) is 0 Å². The number of rotatable bonds is 1. The standard InChI is InChI=1S/C28H23NS/c1-28(2,3)18-13-16-25-22(17-18)20-14-15-24-26(27(20)30-25)21-11-7-8-12-23(21)29(24)19-9-5-4-6-10-19/h4-17H,1-3H3. The third-order valence-corrected chi connectivity index (χ3v) is 7.36. The van der Waals surface area contributed by atoms with Gasteiger partial charge in [0.15, 0.2) is 0 Å². The summed E-state index contributed by atoms with van der Waals surface area (Å²) in [6, 6.07) is 31.1. The third-order valence-electron chi connectivity index (χ3n) is 6.15. The van der Waals surface area contributed by atoms with Gasteiger partial charge in [-0.3, -0.25) is 0 Å². The Morgan fingerprint density at radius 3 is 2.23 bits per heavy atom. The molecule has 6 rings (SSSR count). The quantitative estimate of drug-likeness (QED) is 0.258. The highest BCUT2D eigenvalue weighted by molar-refractivity contribution is 7.26. The van der Waals surface area contributed by atoms with Crippen LogP contribution in [-0.2, 0) is 5.41 Å². The minimum atomic E-state index is 0.149. The zero-order chi connectivity index (χ0) is 20.5. The second-order valence-corrected chi connectivity index (χ2v) is 10.1. The maximum atomic E-state index is 2.40. The molecule has 2 heteroatoms. The van der Waals surface area contributed by atoms with Gasteiger partial charge in [0.25, 0.3) is 0 Å². The molecule has 30 heavy (non-hydrogen) atoms. The van der Waals surface area contributed by atoms with E-state index in [0.717, 1.165) is 0 Å². The summed E-state index contributed by atoms with van der Waals surface area (Å²) in [5.41, 5.74) is 5.29. The van der Waals surface area contributed by atoms with Gasteiger partial charge in [0.05, 0.1) is 11.0 Å². The van der Waals surface area contributed by atoms with Crippen LogP contribution in [0.2, 0.25) is 0 Å². The van der Waals surface area contributed by atoms with E-state index in [1.807, 2.05) is 11.3 Å². The molecule has 0 saturated carbocycles. The van der Waals surface area contributed by atoms with Crippen LogP contribution in [0.3, 0.4) is 0 Å². The Kier molecular flexibility index (Phi) is 3.66. The fraction of sp³-hybridized carbons (Fsp3) is 0.143. The first kappa shape index (κ1) is 17.7. The predicted molar refractivity (Wildman–Crippen MR) is 132 cm³/mol. The summed E-state index contributed by atoms with van der Waals surface area (Å²) in [5, 5.41) is 5.43. The maximum Gasteiger partial charge on any atom is 0.0555 e. The van der Waals surface area contributed by atoms with Crippen LogP contribution in [0.15, 0.2) is 84.9 Å². The largest absolute Gasteiger partial charge is 0.309 e. The van der Waals surface area contributed by atoms with Crippen LogP contribution in [0.1, 0.15) is 26.3 Å². The Morgan fingerprint density at radius 2 is 1.43 bits per heavy atom. The molecular formula is C28H23NS. The molecular weight excluding hydrogens is 382 g/mol. The molecule has 1 nitrogen and oxygen atoms in total. The fourth-order valence-electron chi connectivity index (χ4n) is 4.61. The lowest BCUT2D eigenvalue weighted by atomic mass is 9.86. The average molecular weight is 406 g/mol. The molecule has 0 aliphatic heterocycles. The summed E-state index contributed by atoms with van der Waals surface area (Å²) in [5.74, 6) is 0. The first-order valence-corrected chi connectivity index (χ1v) is 11.3. The Labute approximate surface area is 180 Å². The van der Waals surface area contributed by atoms with E-state index >= 15 is 0 Å². The third kappa shape index (κ3) is 2.47. The van der Waals surface area contributed by atoms with Gasteiger partial charge in [-0.15, -0.1) is 11.3 Å². The van der Waals surface area contributed by atoms with E-state index < -0.39 is 0 Å². The summed E-state index contributed by atoms with van der Waals surface area (Å²) >= 11 is 1.92. The highest BCUT2D eigenvalue weighted by atomic mass is 32.1. The van der Waals surface area contributed by atoms with E-state index in [1.165, 1.54) is 53.2 Å². The summed E-state index contributed by atoms with van der Waals surface area (Å²) in [6.45, 7) is 6.86. The number of hydrogen-bond acceptors (Lipinski definition) is 1. The molecule has 0 N–H and O–H groups in total. The Bertz CT molecular complexity index is 1560. The van der Waals surface area contributed by atoms with Crippen LogP contribution in [0.4, 0.5) is 0 Å². The van der Waals surface area contributed by atoms with Gasteiger partial charge in [0, 0.05) is 36.6 Å². The molecule has 0 aliphatic carbocycles. The SMILES string of the molecule is CC(C)(C)c1ccc2sc3c(ccc4c3c3ccccc3n4-c3ccccc3)c2c1. The topological polar surface area (TPSA) is 4.93 Å². The van der Waals surface area contributed by atoms with Gasteiger partial charge < -0.3 is 4.57 Å². The van der Waals surface area contributed by atoms with Gasteiger partial charge >= 0.3 is 0 Å². The van der Waals surface area contributed by atoms with Gasteiger partial charge in [-0.05, 0) is 47.4 Å². The van der Waals surface area contributed by atoms with Gasteiger partial charge in [-0.1, -0.05) is 69.3 Å². The van der Waals surface area contributed by atoms with Gasteiger partial charge in [-0.25, -0.2) is 0 Å². The number of fused-ring (bicyclic) bond motifs is 7. The number of aromatic nitrogens is 1. The van der Waals surface area contributed by atoms with E-state index in [2.05, 4.69) is 110 Å². The summed E-state index contributed by atoms with van der Waals surface area (Å²) in [7, 11) is 0. The van der Waals surface area contributed by atoms with Crippen LogP contribution in [0.5, 0.6) is 0 Å². The van der Waals surface area contributed by atoms with Crippen molar-refractivity contribution >= 4 is 53.3 Å². The molecule has 0 amide bonds. The first-order chi connectivity index (χ1) is 14.5. The van der Waals surface area contributed by atoms with Crippen molar-refractivity contribution in [3.8, 4) is 5.69 Å². The Hall–Kier alpha value is -3.10. The molecule has 0 bridgehead atoms. The Balaban J connectivity index is 1.78. The second kappa shape index (κ2) is 6.20. The van der Waals surface area contributed by atoms with Crippen LogP contribution < -0.4 is 0 Å². The Morgan fingerprint density at radius 1 is 0.667 bits per heavy atom. The van der Waals surface area contributed by atoms with Gasteiger partial charge in [-0.2, -0.15) is 0 Å². The number of benzene rings is 4. The highest BCUT2D eigenvalue weighted by Crippen LogP contribution is 2.44. The molecule has 0 fully saturated rings. The van der Waals surface area contributed by atoms with E-state index in [0.29, 0.717) is 0 Å². The van der Waals surface area contributed by atoms with Crippen molar-refractivity contribution in [1.82, 2.24) is 4.57 Å². The van der Waals surface area contributed by atoms with Crippen molar-refractivity contribution in [2.45, 2.75) is 26.2 Å². The average Bonchev–Trinajstić information content (AvgIpc) is 3.28. The van der Waals surface area contributed by atoms with Crippen LogP contribution in [-0.4, -0.2) is 4.57 Å². The predicted octanol–water partition coefficient (Wildman–Crippen LogP) is 8.45. The number of nitrogens with zero attached hydrogens (tertiary/aromatic N) is 1. The minimum absolute atomic E-state index is 0.149. The van der Waals surface area contributed by atoms with E-state index in [-0.39, 0.29) is 5.41 Å². The molecule has 6 aromatic rings. The van der Waals surface area contributed by atoms with Crippen molar-refractivity contribution in [2.24, 2.45) is 0 Å². The molecule has 0 unspecified atom stereocenters. The molecule has 0 radical (unpaired) electrons. The van der Waals surface area contributed by atoms with E-state index in [9.17, 15) is 0 Å². The van der Waals surface area contributed by atoms with E-state index in [1.54, 1.807) is 0 Å². The summed E-state index contributed by atoms with van der Waals surface area (Å²) in [6.07, 6.45) is 0. The van der Waals surface area contributed by atoms with Crippen LogP contribution in [0, 0.1) is 0 Å². The summed E-state index contributed by atoms with van der Waals surface area (Å²) < 4.78 is 5.15. The zero-order valence-corrected chi connectivity index (χ0v) is 18.3. The smallest absolute Gasteiger partial charge is 0.0555 e. The highest BCUT2D eigenvalue weighted by Gasteiger charge is 2.19. The lowest BCUT2D eigenvalue weighted by Crippen LogP contribution is -2.10. The molecule has 2 aromatic heterocycles. The molecule has 0 spiro atoms. The molecule has 0 atom stereocenters. The lowest BCUT2D eigenvalue weighted by molar-refractivity contribution is 0.591. The normalized spacial score (nSPS) is 12.5. The van der Waals surface area contributed by atoms with Crippen LogP contribution in [0.25, 0.3) is 47.7 Å². The number of hydrogen-bond donors (Lipinski definition) is 0. The van der Waals surface area contributed by atoms with Crippen molar-refractivity contribution < 1.29 is 0 Å². The lowest BCUT2D eigenvalue weighted by Gasteiger charge is -2.18. The minimum Gasteiger partial charge on any atom is -0.309 e. The van der Waals surface area contributed by atoms with Crippen molar-refractivity contribution in [1.29, 1.82) is 0 Å². The monoisotopic (exact) mass is 405 g/mol. The van der Waals surface area contributed by atoms with Gasteiger partial charge in [0.1, 0.15) is 0 Å². The van der Waals surface area contributed by atoms with Crippen LogP contribution >= 0.6 is 11.3 Å². The molecule has 4 aromatic carbocycles. The van der Waals surface area contributed by atoms with E-state index in [4.69, 9.17) is 0 Å². The summed E-state index contributed by atoms with van der Waals surface area (Å²) in [4.78, 5) is 0. The zero-order valence-electron chi connectivity index (χ0n) is 17.4. The molecule has 0 saturated heterocycles.